The molecule has 0 saturated carbocycles. The molecule has 4 rings (SSSR count). The van der Waals surface area contributed by atoms with Gasteiger partial charge in [0, 0.05) is 12.1 Å². The van der Waals surface area contributed by atoms with Crippen molar-refractivity contribution < 1.29 is 23.0 Å². The molecule has 6 heteroatoms. The number of hydrogen-bond donors (Lipinski definition) is 0. The molecule has 0 spiro atoms. The smallest absolute Gasteiger partial charge is 0.336 e. The molecule has 3 heterocycles. The van der Waals surface area contributed by atoms with Crippen molar-refractivity contribution in [1.29, 1.82) is 0 Å². The Kier molecular flexibility index (Phi) is 5.24. The standard InChI is InChI=1S/C24H28O6/c1-15(6-8-20-23(2,3)30-24(4,5)29-20)10-12-27-22-16-7-9-21(25)28-19(16)14-18-17(22)11-13-26-18/h7,9-11,13-14,20H,6,8,12H2,1-5H3/b15-10+. The van der Waals surface area contributed by atoms with E-state index >= 15 is 0 Å². The lowest BCUT2D eigenvalue weighted by atomic mass is 9.96. The second-order valence-corrected chi connectivity index (χ2v) is 8.82. The van der Waals surface area contributed by atoms with Gasteiger partial charge in [-0.15, -0.1) is 0 Å². The summed E-state index contributed by atoms with van der Waals surface area (Å²) in [4.78, 5) is 11.6. The van der Waals surface area contributed by atoms with Gasteiger partial charge >= 0.3 is 5.63 Å². The van der Waals surface area contributed by atoms with Gasteiger partial charge in [-0.05, 0) is 65.7 Å². The van der Waals surface area contributed by atoms with E-state index in [-0.39, 0.29) is 11.7 Å². The van der Waals surface area contributed by atoms with Crippen LogP contribution in [0.1, 0.15) is 47.5 Å². The summed E-state index contributed by atoms with van der Waals surface area (Å²) >= 11 is 0. The second-order valence-electron chi connectivity index (χ2n) is 8.82. The van der Waals surface area contributed by atoms with Crippen molar-refractivity contribution in [2.45, 2.75) is 65.0 Å². The van der Waals surface area contributed by atoms with Crippen LogP contribution in [0.2, 0.25) is 0 Å². The maximum Gasteiger partial charge on any atom is 0.336 e. The summed E-state index contributed by atoms with van der Waals surface area (Å²) in [6.07, 6.45) is 5.48. The van der Waals surface area contributed by atoms with Gasteiger partial charge in [0.15, 0.2) is 5.79 Å². The molecule has 1 aliphatic rings. The van der Waals surface area contributed by atoms with Gasteiger partial charge in [0.2, 0.25) is 0 Å². The Morgan fingerprint density at radius 1 is 1.13 bits per heavy atom. The van der Waals surface area contributed by atoms with Gasteiger partial charge in [0.1, 0.15) is 23.5 Å². The van der Waals surface area contributed by atoms with Crippen LogP contribution in [0.3, 0.4) is 0 Å². The topological polar surface area (TPSA) is 71.0 Å². The summed E-state index contributed by atoms with van der Waals surface area (Å²) in [7, 11) is 0. The lowest BCUT2D eigenvalue weighted by Gasteiger charge is -2.24. The molecule has 1 aromatic carbocycles. The third-order valence-corrected chi connectivity index (χ3v) is 5.48. The third-order valence-electron chi connectivity index (χ3n) is 5.48. The van der Waals surface area contributed by atoms with E-state index in [4.69, 9.17) is 23.0 Å². The maximum atomic E-state index is 11.6. The van der Waals surface area contributed by atoms with E-state index in [1.165, 1.54) is 11.6 Å². The molecule has 1 atom stereocenters. The van der Waals surface area contributed by atoms with Crippen LogP contribution in [-0.4, -0.2) is 24.1 Å². The van der Waals surface area contributed by atoms with Crippen LogP contribution >= 0.6 is 0 Å². The van der Waals surface area contributed by atoms with E-state index in [1.54, 1.807) is 18.4 Å². The predicted octanol–water partition coefficient (Wildman–Crippen LogP) is 5.57. The quantitative estimate of drug-likeness (QED) is 0.389. The molecule has 3 aromatic rings. The van der Waals surface area contributed by atoms with Gasteiger partial charge in [0.05, 0.1) is 28.7 Å². The van der Waals surface area contributed by atoms with Crippen LogP contribution in [0.5, 0.6) is 5.75 Å². The van der Waals surface area contributed by atoms with E-state index in [2.05, 4.69) is 26.8 Å². The van der Waals surface area contributed by atoms with Crippen molar-refractivity contribution in [3.63, 3.8) is 0 Å². The van der Waals surface area contributed by atoms with Crippen molar-refractivity contribution in [3.05, 3.63) is 52.6 Å². The van der Waals surface area contributed by atoms with Crippen LogP contribution in [0.4, 0.5) is 0 Å². The molecule has 0 radical (unpaired) electrons. The minimum absolute atomic E-state index is 0.0447. The fourth-order valence-electron chi connectivity index (χ4n) is 4.11. The monoisotopic (exact) mass is 412 g/mol. The maximum absolute atomic E-state index is 11.6. The molecule has 0 N–H and O–H groups in total. The van der Waals surface area contributed by atoms with Gasteiger partial charge in [0.25, 0.3) is 0 Å². The SMILES string of the molecule is C/C(=C\COc1c2ccoc2cc2oc(=O)ccc12)CCC1OC(C)(C)OC1(C)C. The van der Waals surface area contributed by atoms with Gasteiger partial charge in [-0.25, -0.2) is 4.79 Å². The van der Waals surface area contributed by atoms with Crippen LogP contribution in [-0.2, 0) is 9.47 Å². The van der Waals surface area contributed by atoms with E-state index < -0.39 is 11.4 Å². The van der Waals surface area contributed by atoms with Crippen LogP contribution < -0.4 is 10.4 Å². The lowest BCUT2D eigenvalue weighted by Crippen LogP contribution is -2.33. The highest BCUT2D eigenvalue weighted by Crippen LogP contribution is 2.38. The van der Waals surface area contributed by atoms with E-state index in [0.29, 0.717) is 23.5 Å². The number of furan rings is 1. The zero-order valence-electron chi connectivity index (χ0n) is 18.1. The third kappa shape index (κ3) is 4.16. The van der Waals surface area contributed by atoms with E-state index in [9.17, 15) is 4.79 Å². The fourth-order valence-corrected chi connectivity index (χ4v) is 4.11. The Hall–Kier alpha value is -2.57. The molecule has 6 nitrogen and oxygen atoms in total. The highest BCUT2D eigenvalue weighted by Gasteiger charge is 2.46. The molecule has 1 saturated heterocycles. The zero-order chi connectivity index (χ0) is 21.5. The van der Waals surface area contributed by atoms with Crippen molar-refractivity contribution in [3.8, 4) is 5.75 Å². The summed E-state index contributed by atoms with van der Waals surface area (Å²) in [5.41, 5.74) is 1.58. The second kappa shape index (κ2) is 7.60. The molecular weight excluding hydrogens is 384 g/mol. The van der Waals surface area contributed by atoms with Gasteiger partial charge < -0.3 is 23.0 Å². The molecule has 0 bridgehead atoms. The average molecular weight is 412 g/mol. The van der Waals surface area contributed by atoms with E-state index in [1.807, 2.05) is 19.9 Å². The first kappa shape index (κ1) is 20.7. The Morgan fingerprint density at radius 3 is 2.63 bits per heavy atom. The Bertz CT molecular complexity index is 1150. The molecule has 0 amide bonds. The molecule has 2 aromatic heterocycles. The van der Waals surface area contributed by atoms with Crippen molar-refractivity contribution in [2.24, 2.45) is 0 Å². The van der Waals surface area contributed by atoms with Crippen LogP contribution in [0.25, 0.3) is 21.9 Å². The van der Waals surface area contributed by atoms with Gasteiger partial charge in [-0.3, -0.25) is 0 Å². The molecule has 1 fully saturated rings. The molecule has 0 aliphatic carbocycles. The number of hydrogen-bond acceptors (Lipinski definition) is 6. The van der Waals surface area contributed by atoms with Crippen molar-refractivity contribution >= 4 is 21.9 Å². The van der Waals surface area contributed by atoms with Crippen LogP contribution in [0, 0.1) is 0 Å². The summed E-state index contributed by atoms with van der Waals surface area (Å²) in [6, 6.07) is 6.69. The number of rotatable bonds is 6. The highest BCUT2D eigenvalue weighted by atomic mass is 16.8. The summed E-state index contributed by atoms with van der Waals surface area (Å²) in [5, 5.41) is 1.60. The Balaban J connectivity index is 1.46. The number of fused-ring (bicyclic) bond motifs is 2. The zero-order valence-corrected chi connectivity index (χ0v) is 18.1. The lowest BCUT2D eigenvalue weighted by molar-refractivity contribution is -0.157. The first-order valence-corrected chi connectivity index (χ1v) is 10.3. The molecule has 1 unspecified atom stereocenters. The average Bonchev–Trinajstić information content (AvgIpc) is 3.19. The molecule has 1 aliphatic heterocycles. The minimum atomic E-state index is -0.547. The summed E-state index contributed by atoms with van der Waals surface area (Å²) in [6.45, 7) is 10.5. The summed E-state index contributed by atoms with van der Waals surface area (Å²) < 4.78 is 28.9. The van der Waals surface area contributed by atoms with Gasteiger partial charge in [-0.1, -0.05) is 5.57 Å². The molecule has 160 valence electrons. The predicted molar refractivity (Wildman–Crippen MR) is 115 cm³/mol. The number of benzene rings is 1. The first-order valence-electron chi connectivity index (χ1n) is 10.3. The van der Waals surface area contributed by atoms with Crippen LogP contribution in [0.15, 0.2) is 55.8 Å². The van der Waals surface area contributed by atoms with Crippen molar-refractivity contribution in [1.82, 2.24) is 0 Å². The Labute approximate surface area is 175 Å². The molecule has 30 heavy (non-hydrogen) atoms. The Morgan fingerprint density at radius 2 is 1.90 bits per heavy atom. The normalized spacial score (nSPS) is 20.8. The minimum Gasteiger partial charge on any atom is -0.488 e. The van der Waals surface area contributed by atoms with Crippen molar-refractivity contribution in [2.75, 3.05) is 6.61 Å². The van der Waals surface area contributed by atoms with Gasteiger partial charge in [-0.2, -0.15) is 0 Å². The molecular formula is C24H28O6. The highest BCUT2D eigenvalue weighted by molar-refractivity contribution is 6.01. The van der Waals surface area contributed by atoms with E-state index in [0.717, 1.165) is 23.6 Å². The fraction of sp³-hybridized carbons (Fsp3) is 0.458. The largest absolute Gasteiger partial charge is 0.488 e. The first-order chi connectivity index (χ1) is 14.1. The number of ether oxygens (including phenoxy) is 3. The number of allylic oxidation sites excluding steroid dienone is 1. The summed E-state index contributed by atoms with van der Waals surface area (Å²) in [5.74, 6) is 0.105.